The molecule has 76 valence electrons. The van der Waals surface area contributed by atoms with Gasteiger partial charge in [0.15, 0.2) is 0 Å². The first-order valence-corrected chi connectivity index (χ1v) is 4.66. The highest BCUT2D eigenvalue weighted by atomic mass is 16.5. The molecule has 1 fully saturated rings. The van der Waals surface area contributed by atoms with Gasteiger partial charge < -0.3 is 4.74 Å². The number of rotatable bonds is 3. The molecule has 4 nitrogen and oxygen atoms in total. The number of hydrogen-bond donors (Lipinski definition) is 0. The van der Waals surface area contributed by atoms with Crippen molar-refractivity contribution in [3.05, 3.63) is 0 Å². The third-order valence-corrected chi connectivity index (χ3v) is 2.78. The van der Waals surface area contributed by atoms with Gasteiger partial charge in [-0.1, -0.05) is 0 Å². The third kappa shape index (κ3) is 1.63. The van der Waals surface area contributed by atoms with E-state index in [1.165, 1.54) is 7.11 Å². The second kappa shape index (κ2) is 4.23. The Morgan fingerprint density at radius 3 is 2.86 bits per heavy atom. The number of carbonyl (C=O) groups excluding carboxylic acids is 2. The second-order valence-electron chi connectivity index (χ2n) is 3.51. The zero-order valence-corrected chi connectivity index (χ0v) is 8.21. The van der Waals surface area contributed by atoms with E-state index in [4.69, 9.17) is 5.26 Å². The van der Waals surface area contributed by atoms with Crippen LogP contribution in [0.4, 0.5) is 0 Å². The lowest BCUT2D eigenvalue weighted by molar-refractivity contribution is -0.156. The normalized spacial score (nSPS) is 25.9. The first-order chi connectivity index (χ1) is 6.67. The first kappa shape index (κ1) is 10.7. The molecule has 0 aromatic heterocycles. The number of carbonyl (C=O) groups is 2. The van der Waals surface area contributed by atoms with E-state index >= 15 is 0 Å². The van der Waals surface area contributed by atoms with Crippen molar-refractivity contribution in [1.82, 2.24) is 0 Å². The van der Waals surface area contributed by atoms with Crippen LogP contribution in [0.25, 0.3) is 0 Å². The van der Waals surface area contributed by atoms with E-state index in [2.05, 4.69) is 4.74 Å². The maximum absolute atomic E-state index is 11.6. The standard InChI is InChI=1S/C10H13NO3/c1-14-9(13)10(6-3-7-11)5-2-4-8(10)12/h2-6H2,1H3. The van der Waals surface area contributed by atoms with Gasteiger partial charge in [-0.3, -0.25) is 9.59 Å². The van der Waals surface area contributed by atoms with Gasteiger partial charge in [0.05, 0.1) is 13.2 Å². The van der Waals surface area contributed by atoms with Crippen molar-refractivity contribution in [3.63, 3.8) is 0 Å². The summed E-state index contributed by atoms with van der Waals surface area (Å²) >= 11 is 0. The molecule has 0 N–H and O–H groups in total. The minimum absolute atomic E-state index is 0.0698. The molecular formula is C10H13NO3. The molecule has 1 atom stereocenters. The molecule has 0 spiro atoms. The van der Waals surface area contributed by atoms with Gasteiger partial charge in [0.2, 0.25) is 0 Å². The van der Waals surface area contributed by atoms with Gasteiger partial charge in [-0.25, -0.2) is 0 Å². The minimum Gasteiger partial charge on any atom is -0.468 e. The van der Waals surface area contributed by atoms with Gasteiger partial charge in [0.1, 0.15) is 11.2 Å². The Morgan fingerprint density at radius 2 is 2.43 bits per heavy atom. The van der Waals surface area contributed by atoms with Crippen molar-refractivity contribution in [2.45, 2.75) is 32.1 Å². The lowest BCUT2D eigenvalue weighted by Crippen LogP contribution is -2.36. The molecule has 0 aliphatic heterocycles. The number of methoxy groups -OCH3 is 1. The molecule has 0 heterocycles. The van der Waals surface area contributed by atoms with Crippen LogP contribution in [-0.2, 0) is 14.3 Å². The number of nitrogens with zero attached hydrogens (tertiary/aromatic N) is 1. The summed E-state index contributed by atoms with van der Waals surface area (Å²) in [6, 6.07) is 1.96. The number of esters is 1. The van der Waals surface area contributed by atoms with Gasteiger partial charge in [-0.05, 0) is 19.3 Å². The number of ketones is 1. The van der Waals surface area contributed by atoms with E-state index in [-0.39, 0.29) is 12.2 Å². The highest BCUT2D eigenvalue weighted by Crippen LogP contribution is 2.39. The highest BCUT2D eigenvalue weighted by molar-refractivity contribution is 6.05. The molecule has 1 aliphatic rings. The highest BCUT2D eigenvalue weighted by Gasteiger charge is 2.48. The van der Waals surface area contributed by atoms with Crippen molar-refractivity contribution >= 4 is 11.8 Å². The Hall–Kier alpha value is -1.37. The van der Waals surface area contributed by atoms with E-state index < -0.39 is 11.4 Å². The molecule has 0 amide bonds. The fourth-order valence-corrected chi connectivity index (χ4v) is 1.98. The average Bonchev–Trinajstić information content (AvgIpc) is 2.57. The summed E-state index contributed by atoms with van der Waals surface area (Å²) in [7, 11) is 1.28. The Labute approximate surface area is 82.8 Å². The molecule has 1 aliphatic carbocycles. The van der Waals surface area contributed by atoms with Gasteiger partial charge in [-0.15, -0.1) is 0 Å². The van der Waals surface area contributed by atoms with Crippen LogP contribution in [0.2, 0.25) is 0 Å². The van der Waals surface area contributed by atoms with Crippen molar-refractivity contribution in [1.29, 1.82) is 5.26 Å². The van der Waals surface area contributed by atoms with Gasteiger partial charge in [0.25, 0.3) is 0 Å². The van der Waals surface area contributed by atoms with Gasteiger partial charge in [0, 0.05) is 12.8 Å². The minimum atomic E-state index is -1.01. The summed E-state index contributed by atoms with van der Waals surface area (Å²) in [4.78, 5) is 23.1. The summed E-state index contributed by atoms with van der Waals surface area (Å²) in [5, 5.41) is 8.47. The average molecular weight is 195 g/mol. The Morgan fingerprint density at radius 1 is 1.71 bits per heavy atom. The lowest BCUT2D eigenvalue weighted by Gasteiger charge is -2.22. The van der Waals surface area contributed by atoms with Crippen LogP contribution < -0.4 is 0 Å². The number of ether oxygens (including phenoxy) is 1. The lowest BCUT2D eigenvalue weighted by atomic mass is 9.81. The first-order valence-electron chi connectivity index (χ1n) is 4.66. The Bertz CT molecular complexity index is 292. The molecule has 14 heavy (non-hydrogen) atoms. The number of Topliss-reactive ketones (excluding diaryl/α,β-unsaturated/α-hetero) is 1. The Balaban J connectivity index is 2.85. The fraction of sp³-hybridized carbons (Fsp3) is 0.700. The van der Waals surface area contributed by atoms with Crippen LogP contribution in [0.1, 0.15) is 32.1 Å². The quantitative estimate of drug-likeness (QED) is 0.501. The van der Waals surface area contributed by atoms with E-state index in [1.807, 2.05) is 6.07 Å². The number of nitriles is 1. The summed E-state index contributed by atoms with van der Waals surface area (Å²) in [5.41, 5.74) is -1.01. The largest absolute Gasteiger partial charge is 0.468 e. The van der Waals surface area contributed by atoms with E-state index in [0.717, 1.165) is 6.42 Å². The summed E-state index contributed by atoms with van der Waals surface area (Å²) in [6.07, 6.45) is 2.20. The molecular weight excluding hydrogens is 182 g/mol. The van der Waals surface area contributed by atoms with Crippen molar-refractivity contribution in [3.8, 4) is 6.07 Å². The van der Waals surface area contributed by atoms with E-state index in [1.54, 1.807) is 0 Å². The van der Waals surface area contributed by atoms with E-state index in [0.29, 0.717) is 19.3 Å². The van der Waals surface area contributed by atoms with Crippen molar-refractivity contribution in [2.75, 3.05) is 7.11 Å². The van der Waals surface area contributed by atoms with Crippen LogP contribution >= 0.6 is 0 Å². The SMILES string of the molecule is COC(=O)C1(CCC#N)CCCC1=O. The maximum Gasteiger partial charge on any atom is 0.319 e. The zero-order chi connectivity index (χ0) is 10.6. The second-order valence-corrected chi connectivity index (χ2v) is 3.51. The van der Waals surface area contributed by atoms with Gasteiger partial charge >= 0.3 is 5.97 Å². The Kier molecular flexibility index (Phi) is 3.23. The molecule has 0 saturated heterocycles. The monoisotopic (exact) mass is 195 g/mol. The fourth-order valence-electron chi connectivity index (χ4n) is 1.98. The smallest absolute Gasteiger partial charge is 0.319 e. The molecule has 1 saturated carbocycles. The predicted molar refractivity (Wildman–Crippen MR) is 48.2 cm³/mol. The summed E-state index contributed by atoms with van der Waals surface area (Å²) in [6.45, 7) is 0. The molecule has 0 radical (unpaired) electrons. The molecule has 1 unspecified atom stereocenters. The molecule has 4 heteroatoms. The summed E-state index contributed by atoms with van der Waals surface area (Å²) < 4.78 is 4.64. The van der Waals surface area contributed by atoms with E-state index in [9.17, 15) is 9.59 Å². The molecule has 0 aromatic carbocycles. The zero-order valence-electron chi connectivity index (χ0n) is 8.21. The van der Waals surface area contributed by atoms with Crippen molar-refractivity contribution in [2.24, 2.45) is 5.41 Å². The predicted octanol–water partition coefficient (Wildman–Crippen LogP) is 1.20. The van der Waals surface area contributed by atoms with Crippen LogP contribution in [0.15, 0.2) is 0 Å². The van der Waals surface area contributed by atoms with Crippen molar-refractivity contribution < 1.29 is 14.3 Å². The topological polar surface area (TPSA) is 67.2 Å². The van der Waals surface area contributed by atoms with Crippen LogP contribution in [0.3, 0.4) is 0 Å². The van der Waals surface area contributed by atoms with Crippen LogP contribution in [0.5, 0.6) is 0 Å². The van der Waals surface area contributed by atoms with Crippen LogP contribution in [-0.4, -0.2) is 18.9 Å². The molecule has 0 aromatic rings. The number of hydrogen-bond acceptors (Lipinski definition) is 4. The summed E-state index contributed by atoms with van der Waals surface area (Å²) in [5.74, 6) is -0.546. The van der Waals surface area contributed by atoms with Gasteiger partial charge in [-0.2, -0.15) is 5.26 Å². The third-order valence-electron chi connectivity index (χ3n) is 2.78. The van der Waals surface area contributed by atoms with Crippen LogP contribution in [0, 0.1) is 16.7 Å². The molecule has 0 bridgehead atoms. The molecule has 1 rings (SSSR count). The maximum atomic E-state index is 11.6.